The van der Waals surface area contributed by atoms with E-state index in [-0.39, 0.29) is 5.78 Å². The minimum atomic E-state index is -0.0574. The molecule has 27 heavy (non-hydrogen) atoms. The molecule has 0 aliphatic heterocycles. The quantitative estimate of drug-likeness (QED) is 0.395. The van der Waals surface area contributed by atoms with E-state index in [1.165, 1.54) is 16.7 Å². The summed E-state index contributed by atoms with van der Waals surface area (Å²) in [6.45, 7) is 6.66. The Bertz CT molecular complexity index is 946. The Morgan fingerprint density at radius 3 is 2.22 bits per heavy atom. The van der Waals surface area contributed by atoms with Crippen LogP contribution in [0.3, 0.4) is 0 Å². The molecule has 0 heterocycles. The summed E-state index contributed by atoms with van der Waals surface area (Å²) >= 11 is 0. The van der Waals surface area contributed by atoms with Crippen molar-refractivity contribution in [3.8, 4) is 5.75 Å². The van der Waals surface area contributed by atoms with Crippen molar-refractivity contribution in [2.75, 3.05) is 0 Å². The number of aryl methyl sites for hydroxylation is 3. The van der Waals surface area contributed by atoms with E-state index in [9.17, 15) is 4.79 Å². The first-order valence-electron chi connectivity index (χ1n) is 9.10. The molecule has 0 saturated heterocycles. The van der Waals surface area contributed by atoms with Crippen LogP contribution >= 0.6 is 0 Å². The van der Waals surface area contributed by atoms with Crippen molar-refractivity contribution in [3.05, 3.63) is 106 Å². The molecule has 2 heteroatoms. The van der Waals surface area contributed by atoms with Gasteiger partial charge in [-0.25, -0.2) is 0 Å². The maximum atomic E-state index is 12.8. The molecule has 0 aliphatic rings. The number of benzene rings is 3. The van der Waals surface area contributed by atoms with Gasteiger partial charge in [0.05, 0.1) is 5.56 Å². The highest BCUT2D eigenvalue weighted by atomic mass is 16.5. The van der Waals surface area contributed by atoms with Crippen molar-refractivity contribution in [2.45, 2.75) is 27.4 Å². The molecule has 3 rings (SSSR count). The summed E-state index contributed by atoms with van der Waals surface area (Å²) in [4.78, 5) is 12.8. The molecule has 0 radical (unpaired) electrons. The zero-order valence-electron chi connectivity index (χ0n) is 16.0. The average molecular weight is 356 g/mol. The van der Waals surface area contributed by atoms with Gasteiger partial charge in [-0.05, 0) is 61.2 Å². The van der Waals surface area contributed by atoms with Crippen LogP contribution in [-0.4, -0.2) is 5.78 Å². The lowest BCUT2D eigenvalue weighted by molar-refractivity contribution is 0.104. The van der Waals surface area contributed by atoms with E-state index in [0.29, 0.717) is 17.9 Å². The molecule has 0 fully saturated rings. The molecule has 0 amide bonds. The van der Waals surface area contributed by atoms with Crippen LogP contribution < -0.4 is 4.74 Å². The largest absolute Gasteiger partial charge is 0.488 e. The second-order valence-electron chi connectivity index (χ2n) is 6.78. The van der Waals surface area contributed by atoms with Crippen molar-refractivity contribution in [2.24, 2.45) is 0 Å². The predicted molar refractivity (Wildman–Crippen MR) is 111 cm³/mol. The first kappa shape index (κ1) is 18.7. The van der Waals surface area contributed by atoms with Crippen LogP contribution in [0.1, 0.15) is 38.2 Å². The van der Waals surface area contributed by atoms with E-state index in [4.69, 9.17) is 4.74 Å². The number of ether oxygens (including phenoxy) is 1. The maximum Gasteiger partial charge on any atom is 0.189 e. The van der Waals surface area contributed by atoms with Crippen molar-refractivity contribution in [1.29, 1.82) is 0 Å². The zero-order chi connectivity index (χ0) is 19.2. The summed E-state index contributed by atoms with van der Waals surface area (Å²) < 4.78 is 5.90. The Balaban J connectivity index is 1.79. The summed E-state index contributed by atoms with van der Waals surface area (Å²) in [5.41, 5.74) is 6.31. The Kier molecular flexibility index (Phi) is 5.87. The number of hydrogen-bond donors (Lipinski definition) is 0. The van der Waals surface area contributed by atoms with Crippen LogP contribution in [0.4, 0.5) is 0 Å². The van der Waals surface area contributed by atoms with Gasteiger partial charge in [-0.2, -0.15) is 0 Å². The molecule has 0 atom stereocenters. The van der Waals surface area contributed by atoms with E-state index in [1.54, 1.807) is 6.08 Å². The highest BCUT2D eigenvalue weighted by Crippen LogP contribution is 2.22. The van der Waals surface area contributed by atoms with Gasteiger partial charge in [0.15, 0.2) is 5.78 Å². The van der Waals surface area contributed by atoms with Gasteiger partial charge in [0.25, 0.3) is 0 Å². The third kappa shape index (κ3) is 4.73. The number of carbonyl (C=O) groups is 1. The van der Waals surface area contributed by atoms with Gasteiger partial charge in [-0.1, -0.05) is 66.2 Å². The normalized spacial score (nSPS) is 10.9. The third-order valence-electron chi connectivity index (χ3n) is 4.53. The molecular formula is C25H24O2. The minimum Gasteiger partial charge on any atom is -0.488 e. The van der Waals surface area contributed by atoms with Gasteiger partial charge in [0, 0.05) is 0 Å². The number of carbonyl (C=O) groups excluding carboxylic acids is 1. The monoisotopic (exact) mass is 356 g/mol. The van der Waals surface area contributed by atoms with Crippen molar-refractivity contribution < 1.29 is 9.53 Å². The summed E-state index contributed by atoms with van der Waals surface area (Å²) in [5, 5.41) is 0. The molecule has 0 unspecified atom stereocenters. The highest BCUT2D eigenvalue weighted by molar-refractivity contribution is 6.08. The van der Waals surface area contributed by atoms with Gasteiger partial charge in [-0.3, -0.25) is 4.79 Å². The number of allylic oxidation sites excluding steroid dienone is 1. The Morgan fingerprint density at radius 2 is 1.52 bits per heavy atom. The van der Waals surface area contributed by atoms with Crippen molar-refractivity contribution in [3.63, 3.8) is 0 Å². The lowest BCUT2D eigenvalue weighted by Crippen LogP contribution is -2.02. The first-order valence-corrected chi connectivity index (χ1v) is 9.10. The van der Waals surface area contributed by atoms with E-state index < -0.39 is 0 Å². The van der Waals surface area contributed by atoms with Gasteiger partial charge in [-0.15, -0.1) is 0 Å². The molecular weight excluding hydrogens is 332 g/mol. The summed E-state index contributed by atoms with van der Waals surface area (Å²) in [7, 11) is 0. The molecule has 0 bridgehead atoms. The van der Waals surface area contributed by atoms with E-state index in [2.05, 4.69) is 32.9 Å². The Hall–Kier alpha value is -3.13. The molecule has 0 spiro atoms. The van der Waals surface area contributed by atoms with Crippen molar-refractivity contribution in [1.82, 2.24) is 0 Å². The fourth-order valence-electron chi connectivity index (χ4n) is 3.23. The van der Waals surface area contributed by atoms with E-state index in [0.717, 1.165) is 11.1 Å². The van der Waals surface area contributed by atoms with E-state index >= 15 is 0 Å². The number of hydrogen-bond acceptors (Lipinski definition) is 2. The number of para-hydroxylation sites is 1. The Morgan fingerprint density at radius 1 is 0.889 bits per heavy atom. The third-order valence-corrected chi connectivity index (χ3v) is 4.53. The molecule has 0 aromatic heterocycles. The van der Waals surface area contributed by atoms with Crippen LogP contribution in [0, 0.1) is 20.8 Å². The molecule has 0 N–H and O–H groups in total. The fraction of sp³-hybridized carbons (Fsp3) is 0.160. The predicted octanol–water partition coefficient (Wildman–Crippen LogP) is 6.09. The Labute approximate surface area is 161 Å². The van der Waals surface area contributed by atoms with Crippen LogP contribution in [0.2, 0.25) is 0 Å². The molecule has 2 nitrogen and oxygen atoms in total. The topological polar surface area (TPSA) is 26.3 Å². The van der Waals surface area contributed by atoms with Crippen LogP contribution in [0.25, 0.3) is 6.08 Å². The summed E-state index contributed by atoms with van der Waals surface area (Å²) in [6, 6.07) is 21.6. The molecule has 136 valence electrons. The highest BCUT2D eigenvalue weighted by Gasteiger charge is 2.10. The van der Waals surface area contributed by atoms with Crippen molar-refractivity contribution >= 4 is 11.9 Å². The lowest BCUT2D eigenvalue weighted by Gasteiger charge is -2.10. The molecule has 3 aromatic carbocycles. The molecule has 0 saturated carbocycles. The zero-order valence-corrected chi connectivity index (χ0v) is 16.0. The standard InChI is InChI=1S/C25H24O2/c1-18-15-19(2)22(20(3)16-18)13-14-24(26)23-11-7-8-12-25(23)27-17-21-9-5-4-6-10-21/h4-16H,17H2,1-3H3/b14-13-. The minimum absolute atomic E-state index is 0.0574. The molecule has 3 aromatic rings. The van der Waals surface area contributed by atoms with Crippen LogP contribution in [-0.2, 0) is 6.61 Å². The number of rotatable bonds is 6. The van der Waals surface area contributed by atoms with Gasteiger partial charge in [0.1, 0.15) is 12.4 Å². The summed E-state index contributed by atoms with van der Waals surface area (Å²) in [6.07, 6.45) is 3.54. The number of ketones is 1. The maximum absolute atomic E-state index is 12.8. The van der Waals surface area contributed by atoms with Gasteiger partial charge in [0.2, 0.25) is 0 Å². The van der Waals surface area contributed by atoms with Crippen LogP contribution in [0.5, 0.6) is 5.75 Å². The van der Waals surface area contributed by atoms with Crippen LogP contribution in [0.15, 0.2) is 72.8 Å². The molecule has 0 aliphatic carbocycles. The first-order chi connectivity index (χ1) is 13.0. The van der Waals surface area contributed by atoms with Gasteiger partial charge < -0.3 is 4.74 Å². The SMILES string of the molecule is Cc1cc(C)c(/C=C\C(=O)c2ccccc2OCc2ccccc2)c(C)c1. The average Bonchev–Trinajstić information content (AvgIpc) is 2.66. The van der Waals surface area contributed by atoms with Gasteiger partial charge >= 0.3 is 0 Å². The fourth-order valence-corrected chi connectivity index (χ4v) is 3.23. The van der Waals surface area contributed by atoms with E-state index in [1.807, 2.05) is 60.7 Å². The second-order valence-corrected chi connectivity index (χ2v) is 6.78. The second kappa shape index (κ2) is 8.50. The smallest absolute Gasteiger partial charge is 0.189 e. The lowest BCUT2D eigenvalue weighted by atomic mass is 9.98. The summed E-state index contributed by atoms with van der Waals surface area (Å²) in [5.74, 6) is 0.548.